The van der Waals surface area contributed by atoms with E-state index in [9.17, 15) is 5.11 Å². The van der Waals surface area contributed by atoms with Crippen LogP contribution in [0.25, 0.3) is 0 Å². The normalized spacial score (nSPS) is 38.8. The monoisotopic (exact) mass is 169 g/mol. The molecule has 0 aromatic rings. The summed E-state index contributed by atoms with van der Waals surface area (Å²) >= 11 is 0. The first-order chi connectivity index (χ1) is 5.88. The number of aliphatic hydroxyl groups is 1. The summed E-state index contributed by atoms with van der Waals surface area (Å²) in [6.45, 7) is 1.11. The van der Waals surface area contributed by atoms with Crippen molar-refractivity contribution in [3.8, 4) is 0 Å². The lowest BCUT2D eigenvalue weighted by molar-refractivity contribution is 0.0692. The van der Waals surface area contributed by atoms with Crippen LogP contribution in [0.4, 0.5) is 0 Å². The van der Waals surface area contributed by atoms with E-state index in [2.05, 4.69) is 5.32 Å². The third-order valence-electron chi connectivity index (χ3n) is 3.38. The molecule has 0 aromatic heterocycles. The first-order valence-corrected chi connectivity index (χ1v) is 5.29. The summed E-state index contributed by atoms with van der Waals surface area (Å²) in [6, 6.07) is 0.418. The topological polar surface area (TPSA) is 32.3 Å². The predicted octanol–water partition coefficient (Wildman–Crippen LogP) is 1.29. The number of nitrogens with one attached hydrogen (secondary N) is 1. The molecule has 2 unspecified atom stereocenters. The Morgan fingerprint density at radius 3 is 2.42 bits per heavy atom. The molecule has 0 radical (unpaired) electrons. The Kier molecular flexibility index (Phi) is 2.66. The summed E-state index contributed by atoms with van der Waals surface area (Å²) < 4.78 is 0. The molecule has 12 heavy (non-hydrogen) atoms. The molecule has 0 spiro atoms. The third-order valence-corrected chi connectivity index (χ3v) is 3.38. The fourth-order valence-corrected chi connectivity index (χ4v) is 2.69. The highest BCUT2D eigenvalue weighted by Gasteiger charge is 2.31. The van der Waals surface area contributed by atoms with Gasteiger partial charge in [0, 0.05) is 6.04 Å². The van der Waals surface area contributed by atoms with Gasteiger partial charge < -0.3 is 10.4 Å². The summed E-state index contributed by atoms with van der Waals surface area (Å²) in [5.41, 5.74) is 0. The number of hydrogen-bond donors (Lipinski definition) is 2. The smallest absolute Gasteiger partial charge is 0.0696 e. The SMILES string of the molecule is OC1CCCNC1C1CCCC1. The second-order valence-corrected chi connectivity index (χ2v) is 4.23. The highest BCUT2D eigenvalue weighted by atomic mass is 16.3. The lowest BCUT2D eigenvalue weighted by Crippen LogP contribution is -2.48. The van der Waals surface area contributed by atoms with Gasteiger partial charge in [0.15, 0.2) is 0 Å². The quantitative estimate of drug-likeness (QED) is 0.620. The molecule has 2 fully saturated rings. The van der Waals surface area contributed by atoms with E-state index in [1.165, 1.54) is 25.7 Å². The zero-order valence-corrected chi connectivity index (χ0v) is 7.63. The average molecular weight is 169 g/mol. The summed E-state index contributed by atoms with van der Waals surface area (Å²) in [4.78, 5) is 0. The molecule has 2 N–H and O–H groups in total. The molecule has 0 amide bonds. The van der Waals surface area contributed by atoms with Crippen LogP contribution in [0.2, 0.25) is 0 Å². The molecule has 2 rings (SSSR count). The van der Waals surface area contributed by atoms with Crippen LogP contribution in [0.1, 0.15) is 38.5 Å². The van der Waals surface area contributed by atoms with Crippen molar-refractivity contribution in [1.82, 2.24) is 5.32 Å². The van der Waals surface area contributed by atoms with Crippen LogP contribution in [0.3, 0.4) is 0 Å². The van der Waals surface area contributed by atoms with Crippen LogP contribution in [0, 0.1) is 5.92 Å². The maximum atomic E-state index is 9.77. The standard InChI is InChI=1S/C10H19NO/c12-9-6-3-7-11-10(9)8-4-1-2-5-8/h8-12H,1-7H2. The average Bonchev–Trinajstić information content (AvgIpc) is 2.57. The Morgan fingerprint density at radius 2 is 1.75 bits per heavy atom. The van der Waals surface area contributed by atoms with Crippen LogP contribution in [0.15, 0.2) is 0 Å². The third kappa shape index (κ3) is 1.64. The van der Waals surface area contributed by atoms with Gasteiger partial charge in [-0.2, -0.15) is 0 Å². The Bertz CT molecular complexity index is 143. The van der Waals surface area contributed by atoms with Crippen molar-refractivity contribution in [1.29, 1.82) is 0 Å². The molecule has 1 saturated heterocycles. The summed E-state index contributed by atoms with van der Waals surface area (Å²) in [5, 5.41) is 13.2. The Hall–Kier alpha value is -0.0800. The number of rotatable bonds is 1. The van der Waals surface area contributed by atoms with Crippen LogP contribution in [0.5, 0.6) is 0 Å². The predicted molar refractivity (Wildman–Crippen MR) is 49.0 cm³/mol. The van der Waals surface area contributed by atoms with Crippen LogP contribution in [-0.2, 0) is 0 Å². The zero-order valence-electron chi connectivity index (χ0n) is 7.63. The molecule has 2 heteroatoms. The minimum Gasteiger partial charge on any atom is -0.391 e. The summed E-state index contributed by atoms with van der Waals surface area (Å²) in [6.07, 6.45) is 7.48. The maximum absolute atomic E-state index is 9.77. The number of hydrogen-bond acceptors (Lipinski definition) is 2. The van der Waals surface area contributed by atoms with Gasteiger partial charge in [-0.3, -0.25) is 0 Å². The van der Waals surface area contributed by atoms with Gasteiger partial charge in [-0.15, -0.1) is 0 Å². The minimum atomic E-state index is -0.0677. The molecule has 1 aliphatic heterocycles. The Morgan fingerprint density at radius 1 is 1.00 bits per heavy atom. The van der Waals surface area contributed by atoms with Gasteiger partial charge in [-0.25, -0.2) is 0 Å². The lowest BCUT2D eigenvalue weighted by Gasteiger charge is -2.33. The van der Waals surface area contributed by atoms with Crippen LogP contribution >= 0.6 is 0 Å². The molecule has 0 bridgehead atoms. The second kappa shape index (κ2) is 3.75. The summed E-state index contributed by atoms with van der Waals surface area (Å²) in [7, 11) is 0. The van der Waals surface area contributed by atoms with Crippen molar-refractivity contribution >= 4 is 0 Å². The first kappa shape index (κ1) is 8.52. The molecule has 1 aliphatic carbocycles. The fourth-order valence-electron chi connectivity index (χ4n) is 2.69. The van der Waals surface area contributed by atoms with Gasteiger partial charge in [-0.05, 0) is 38.1 Å². The largest absolute Gasteiger partial charge is 0.391 e. The maximum Gasteiger partial charge on any atom is 0.0696 e. The molecule has 1 heterocycles. The van der Waals surface area contributed by atoms with Gasteiger partial charge >= 0.3 is 0 Å². The highest BCUT2D eigenvalue weighted by molar-refractivity contribution is 4.88. The van der Waals surface area contributed by atoms with Gasteiger partial charge in [0.25, 0.3) is 0 Å². The van der Waals surface area contributed by atoms with E-state index < -0.39 is 0 Å². The molecular formula is C10H19NO. The van der Waals surface area contributed by atoms with E-state index in [1.54, 1.807) is 0 Å². The number of aliphatic hydroxyl groups excluding tert-OH is 1. The van der Waals surface area contributed by atoms with Crippen molar-refractivity contribution in [3.05, 3.63) is 0 Å². The van der Waals surface area contributed by atoms with Crippen molar-refractivity contribution in [2.45, 2.75) is 50.7 Å². The molecule has 70 valence electrons. The summed E-state index contributed by atoms with van der Waals surface area (Å²) in [5.74, 6) is 0.764. The molecule has 2 nitrogen and oxygen atoms in total. The van der Waals surface area contributed by atoms with Crippen LogP contribution in [-0.4, -0.2) is 23.8 Å². The zero-order chi connectivity index (χ0) is 8.39. The van der Waals surface area contributed by atoms with Gasteiger partial charge in [0.05, 0.1) is 6.10 Å². The van der Waals surface area contributed by atoms with Crippen molar-refractivity contribution in [2.75, 3.05) is 6.54 Å². The molecule has 2 aliphatic rings. The van der Waals surface area contributed by atoms with Gasteiger partial charge in [-0.1, -0.05) is 12.8 Å². The van der Waals surface area contributed by atoms with E-state index in [-0.39, 0.29) is 6.10 Å². The van der Waals surface area contributed by atoms with E-state index in [0.29, 0.717) is 6.04 Å². The van der Waals surface area contributed by atoms with Crippen molar-refractivity contribution in [3.63, 3.8) is 0 Å². The van der Waals surface area contributed by atoms with Crippen LogP contribution < -0.4 is 5.32 Å². The second-order valence-electron chi connectivity index (χ2n) is 4.23. The molecule has 2 atom stereocenters. The Labute approximate surface area is 74.4 Å². The number of piperidine rings is 1. The molecule has 0 aromatic carbocycles. The van der Waals surface area contributed by atoms with E-state index in [4.69, 9.17) is 0 Å². The first-order valence-electron chi connectivity index (χ1n) is 5.29. The van der Waals surface area contributed by atoms with Gasteiger partial charge in [0.1, 0.15) is 0 Å². The lowest BCUT2D eigenvalue weighted by atomic mass is 9.89. The van der Waals surface area contributed by atoms with E-state index >= 15 is 0 Å². The highest BCUT2D eigenvalue weighted by Crippen LogP contribution is 2.30. The molecule has 1 saturated carbocycles. The molecular weight excluding hydrogens is 150 g/mol. The van der Waals surface area contributed by atoms with Gasteiger partial charge in [0.2, 0.25) is 0 Å². The van der Waals surface area contributed by atoms with Crippen molar-refractivity contribution < 1.29 is 5.11 Å². The van der Waals surface area contributed by atoms with Crippen molar-refractivity contribution in [2.24, 2.45) is 5.92 Å². The van der Waals surface area contributed by atoms with E-state index in [1.807, 2.05) is 0 Å². The minimum absolute atomic E-state index is 0.0677. The fraction of sp³-hybridized carbons (Fsp3) is 1.00. The van der Waals surface area contributed by atoms with E-state index in [0.717, 1.165) is 25.3 Å². The Balaban J connectivity index is 1.91.